The van der Waals surface area contributed by atoms with Gasteiger partial charge in [-0.05, 0) is 24.3 Å². The van der Waals surface area contributed by atoms with E-state index < -0.39 is 0 Å². The average molecular weight is 242 g/mol. The van der Waals surface area contributed by atoms with Crippen molar-refractivity contribution < 1.29 is 14.3 Å². The van der Waals surface area contributed by atoms with Crippen LogP contribution in [0.4, 0.5) is 0 Å². The lowest BCUT2D eigenvalue weighted by molar-refractivity contribution is -0.115. The van der Waals surface area contributed by atoms with Crippen LogP contribution in [0.3, 0.4) is 0 Å². The van der Waals surface area contributed by atoms with Crippen molar-refractivity contribution in [2.45, 2.75) is 6.10 Å². The first kappa shape index (κ1) is 12.3. The molecule has 1 fully saturated rings. The SMILES string of the molecule is O=C(/C=C/C=C/C=C/Oc1ccccc1)C1CO1. The van der Waals surface area contributed by atoms with Crippen molar-refractivity contribution in [3.63, 3.8) is 0 Å². The number of hydrogen-bond donors (Lipinski definition) is 0. The number of ketones is 1. The van der Waals surface area contributed by atoms with Gasteiger partial charge in [0.05, 0.1) is 12.9 Å². The Bertz CT molecular complexity index is 468. The number of ether oxygens (including phenoxy) is 2. The molecule has 0 amide bonds. The molecule has 1 aliphatic rings. The monoisotopic (exact) mass is 242 g/mol. The summed E-state index contributed by atoms with van der Waals surface area (Å²) in [7, 11) is 0. The number of rotatable bonds is 6. The predicted octanol–water partition coefficient (Wildman–Crippen LogP) is 2.66. The number of carbonyl (C=O) groups excluding carboxylic acids is 1. The minimum atomic E-state index is -0.202. The second kappa shape index (κ2) is 6.57. The number of epoxide rings is 1. The Hall–Kier alpha value is -2.13. The molecule has 3 heteroatoms. The van der Waals surface area contributed by atoms with Gasteiger partial charge in [0.2, 0.25) is 0 Å². The first-order valence-electron chi connectivity index (χ1n) is 5.73. The van der Waals surface area contributed by atoms with Crippen LogP contribution >= 0.6 is 0 Å². The maximum absolute atomic E-state index is 11.2. The third-order valence-corrected chi connectivity index (χ3v) is 2.27. The zero-order valence-corrected chi connectivity index (χ0v) is 9.86. The molecule has 18 heavy (non-hydrogen) atoms. The molecule has 0 aliphatic carbocycles. The zero-order chi connectivity index (χ0) is 12.6. The lowest BCUT2D eigenvalue weighted by Gasteiger charge is -1.96. The Labute approximate surface area is 106 Å². The predicted molar refractivity (Wildman–Crippen MR) is 69.2 cm³/mol. The van der Waals surface area contributed by atoms with Crippen LogP contribution in [0.1, 0.15) is 0 Å². The minimum Gasteiger partial charge on any atom is -0.465 e. The van der Waals surface area contributed by atoms with E-state index in [1.54, 1.807) is 30.6 Å². The molecule has 1 heterocycles. The fourth-order valence-corrected chi connectivity index (χ4v) is 1.26. The highest BCUT2D eigenvalue weighted by Gasteiger charge is 2.28. The minimum absolute atomic E-state index is 0.0177. The third-order valence-electron chi connectivity index (χ3n) is 2.27. The maximum Gasteiger partial charge on any atom is 0.186 e. The number of benzene rings is 1. The topological polar surface area (TPSA) is 38.8 Å². The standard InChI is InChI=1S/C15H14O3/c16-14(15-12-18-15)10-6-1-2-7-11-17-13-8-4-3-5-9-13/h1-11,15H,12H2/b2-1+,10-6+,11-7+. The van der Waals surface area contributed by atoms with E-state index in [9.17, 15) is 4.79 Å². The fraction of sp³-hybridized carbons (Fsp3) is 0.133. The quantitative estimate of drug-likeness (QED) is 0.333. The first-order chi connectivity index (χ1) is 8.86. The molecule has 0 aromatic heterocycles. The zero-order valence-electron chi connectivity index (χ0n) is 9.86. The molecule has 1 aromatic carbocycles. The van der Waals surface area contributed by atoms with Gasteiger partial charge in [-0.15, -0.1) is 0 Å². The van der Waals surface area contributed by atoms with E-state index in [0.717, 1.165) is 5.75 Å². The molecule has 92 valence electrons. The summed E-state index contributed by atoms with van der Waals surface area (Å²) in [5, 5.41) is 0. The second-order valence-electron chi connectivity index (χ2n) is 3.73. The molecule has 1 aromatic rings. The van der Waals surface area contributed by atoms with Crippen molar-refractivity contribution >= 4 is 5.78 Å². The Morgan fingerprint density at radius 3 is 2.61 bits per heavy atom. The van der Waals surface area contributed by atoms with Crippen LogP contribution in [0.15, 0.2) is 67.0 Å². The Balaban J connectivity index is 1.69. The van der Waals surface area contributed by atoms with E-state index >= 15 is 0 Å². The molecule has 1 saturated heterocycles. The third kappa shape index (κ3) is 4.39. The van der Waals surface area contributed by atoms with Crippen molar-refractivity contribution in [1.29, 1.82) is 0 Å². The van der Waals surface area contributed by atoms with Gasteiger partial charge in [0.15, 0.2) is 5.78 Å². The van der Waals surface area contributed by atoms with Gasteiger partial charge in [-0.2, -0.15) is 0 Å². The van der Waals surface area contributed by atoms with E-state index in [1.807, 2.05) is 30.3 Å². The van der Waals surface area contributed by atoms with Gasteiger partial charge >= 0.3 is 0 Å². The number of carbonyl (C=O) groups is 1. The van der Waals surface area contributed by atoms with Gasteiger partial charge in [0, 0.05) is 0 Å². The van der Waals surface area contributed by atoms with Crippen molar-refractivity contribution in [2.75, 3.05) is 6.61 Å². The van der Waals surface area contributed by atoms with Gasteiger partial charge in [-0.3, -0.25) is 4.79 Å². The summed E-state index contributed by atoms with van der Waals surface area (Å²) in [5.74, 6) is 0.808. The molecule has 0 bridgehead atoms. The van der Waals surface area contributed by atoms with E-state index in [4.69, 9.17) is 9.47 Å². The lowest BCUT2D eigenvalue weighted by Crippen LogP contribution is -2.00. The Morgan fingerprint density at radius 2 is 1.89 bits per heavy atom. The maximum atomic E-state index is 11.2. The lowest BCUT2D eigenvalue weighted by atomic mass is 10.3. The summed E-state index contributed by atoms with van der Waals surface area (Å²) in [6.07, 6.45) is 9.91. The molecular formula is C15H14O3. The molecule has 0 N–H and O–H groups in total. The van der Waals surface area contributed by atoms with Crippen LogP contribution in [0.5, 0.6) is 5.75 Å². The van der Waals surface area contributed by atoms with Gasteiger partial charge in [-0.25, -0.2) is 0 Å². The highest BCUT2D eigenvalue weighted by Crippen LogP contribution is 2.10. The smallest absolute Gasteiger partial charge is 0.186 e. The number of hydrogen-bond acceptors (Lipinski definition) is 3. The van der Waals surface area contributed by atoms with E-state index in [0.29, 0.717) is 6.61 Å². The van der Waals surface area contributed by atoms with E-state index in [2.05, 4.69) is 0 Å². The van der Waals surface area contributed by atoms with Gasteiger partial charge in [0.25, 0.3) is 0 Å². The van der Waals surface area contributed by atoms with Gasteiger partial charge in [-0.1, -0.05) is 36.4 Å². The highest BCUT2D eigenvalue weighted by atomic mass is 16.6. The highest BCUT2D eigenvalue weighted by molar-refractivity contribution is 5.95. The summed E-state index contributed by atoms with van der Waals surface area (Å²) >= 11 is 0. The van der Waals surface area contributed by atoms with E-state index in [-0.39, 0.29) is 11.9 Å². The molecule has 0 radical (unpaired) electrons. The molecule has 1 atom stereocenters. The number of allylic oxidation sites excluding steroid dienone is 4. The molecule has 1 unspecified atom stereocenters. The summed E-state index contributed by atoms with van der Waals surface area (Å²) in [5.41, 5.74) is 0. The van der Waals surface area contributed by atoms with Crippen LogP contribution in [-0.2, 0) is 9.53 Å². The van der Waals surface area contributed by atoms with Crippen molar-refractivity contribution in [3.8, 4) is 5.75 Å². The van der Waals surface area contributed by atoms with Gasteiger partial charge < -0.3 is 9.47 Å². The molecule has 3 nitrogen and oxygen atoms in total. The molecule has 0 saturated carbocycles. The summed E-state index contributed by atoms with van der Waals surface area (Å²) < 4.78 is 10.2. The summed E-state index contributed by atoms with van der Waals surface area (Å²) in [4.78, 5) is 11.2. The van der Waals surface area contributed by atoms with E-state index in [1.165, 1.54) is 6.08 Å². The molecular weight excluding hydrogens is 228 g/mol. The Morgan fingerprint density at radius 1 is 1.17 bits per heavy atom. The van der Waals surface area contributed by atoms with Crippen LogP contribution in [0, 0.1) is 0 Å². The Kier molecular flexibility index (Phi) is 4.50. The van der Waals surface area contributed by atoms with Crippen LogP contribution in [0.25, 0.3) is 0 Å². The molecule has 0 spiro atoms. The average Bonchev–Trinajstić information content (AvgIpc) is 3.23. The first-order valence-corrected chi connectivity index (χ1v) is 5.73. The van der Waals surface area contributed by atoms with Crippen molar-refractivity contribution in [3.05, 3.63) is 67.0 Å². The second-order valence-corrected chi connectivity index (χ2v) is 3.73. The summed E-state index contributed by atoms with van der Waals surface area (Å²) in [6, 6.07) is 9.51. The van der Waals surface area contributed by atoms with Crippen LogP contribution in [-0.4, -0.2) is 18.5 Å². The fourth-order valence-electron chi connectivity index (χ4n) is 1.26. The number of para-hydroxylation sites is 1. The largest absolute Gasteiger partial charge is 0.465 e. The van der Waals surface area contributed by atoms with Crippen molar-refractivity contribution in [1.82, 2.24) is 0 Å². The molecule has 2 rings (SSSR count). The van der Waals surface area contributed by atoms with Crippen LogP contribution in [0.2, 0.25) is 0 Å². The van der Waals surface area contributed by atoms with Crippen molar-refractivity contribution in [2.24, 2.45) is 0 Å². The molecule has 1 aliphatic heterocycles. The normalized spacial score (nSPS) is 18.8. The van der Waals surface area contributed by atoms with Crippen LogP contribution < -0.4 is 4.74 Å². The van der Waals surface area contributed by atoms with Gasteiger partial charge in [0.1, 0.15) is 11.9 Å². The summed E-state index contributed by atoms with van der Waals surface area (Å²) in [6.45, 7) is 0.553.